The van der Waals surface area contributed by atoms with E-state index in [1.54, 1.807) is 0 Å². The molecule has 250 valence electrons. The van der Waals surface area contributed by atoms with Crippen LogP contribution in [0.25, 0.3) is 98.5 Å². The summed E-state index contributed by atoms with van der Waals surface area (Å²) >= 11 is 0. The molecule has 1 atom stereocenters. The van der Waals surface area contributed by atoms with E-state index in [-0.39, 0.29) is 5.92 Å². The quantitative estimate of drug-likeness (QED) is 0.173. The Hall–Kier alpha value is -7.35. The fourth-order valence-electron chi connectivity index (χ4n) is 9.18. The highest BCUT2D eigenvalue weighted by Crippen LogP contribution is 2.52. The fraction of sp³-hybridized carbons (Fsp3) is 0.0200. The van der Waals surface area contributed by atoms with E-state index in [2.05, 4.69) is 137 Å². The Morgan fingerprint density at radius 2 is 1.04 bits per heavy atom. The number of benzene rings is 8. The molecule has 54 heavy (non-hydrogen) atoms. The van der Waals surface area contributed by atoms with Gasteiger partial charge in [-0.05, 0) is 93.5 Å². The van der Waals surface area contributed by atoms with Crippen molar-refractivity contribution in [3.05, 3.63) is 192 Å². The molecular formula is C50H28N2O2. The van der Waals surface area contributed by atoms with E-state index in [1.807, 2.05) is 36.4 Å². The number of aromatic nitrogens is 1. The first-order valence-electron chi connectivity index (χ1n) is 18.2. The van der Waals surface area contributed by atoms with Crippen LogP contribution in [-0.4, -0.2) is 4.57 Å². The lowest BCUT2D eigenvalue weighted by molar-refractivity contribution is 0.668. The first kappa shape index (κ1) is 29.3. The van der Waals surface area contributed by atoms with Crippen molar-refractivity contribution >= 4 is 71.4 Å². The lowest BCUT2D eigenvalue weighted by Crippen LogP contribution is -2.02. The van der Waals surface area contributed by atoms with Gasteiger partial charge >= 0.3 is 0 Å². The van der Waals surface area contributed by atoms with Gasteiger partial charge in [-0.15, -0.1) is 0 Å². The van der Waals surface area contributed by atoms with Crippen molar-refractivity contribution in [1.82, 2.24) is 4.57 Å². The van der Waals surface area contributed by atoms with Crippen molar-refractivity contribution in [2.75, 3.05) is 0 Å². The normalized spacial score (nSPS) is 13.7. The summed E-state index contributed by atoms with van der Waals surface area (Å²) < 4.78 is 15.1. The number of nitrogens with zero attached hydrogens (tertiary/aromatic N) is 2. The molecule has 0 radical (unpaired) electrons. The second kappa shape index (κ2) is 10.8. The Morgan fingerprint density at radius 3 is 1.80 bits per heavy atom. The standard InChI is InChI=1S/C50H28N2O2/c1-51-30-22-29(23-31(24-30)52-44-19-9-6-14-34(44)40-26-42-36-16-8-11-21-47(36)54-49(42)28-45(40)52)32-12-2-4-17-37(32)50-38-18-5-3-13-33(38)39-25-41-35-15-7-10-20-46(35)53-48(41)27-43(39)50/h2-28,50H. The summed E-state index contributed by atoms with van der Waals surface area (Å²) in [6.45, 7) is 8.25. The van der Waals surface area contributed by atoms with Crippen molar-refractivity contribution in [2.24, 2.45) is 0 Å². The molecule has 0 aliphatic heterocycles. The zero-order chi connectivity index (χ0) is 35.5. The van der Waals surface area contributed by atoms with Crippen molar-refractivity contribution in [3.63, 3.8) is 0 Å². The molecule has 8 aromatic carbocycles. The van der Waals surface area contributed by atoms with E-state index < -0.39 is 0 Å². The maximum Gasteiger partial charge on any atom is 0.189 e. The van der Waals surface area contributed by atoms with Gasteiger partial charge < -0.3 is 13.4 Å². The predicted octanol–water partition coefficient (Wildman–Crippen LogP) is 14.0. The fourth-order valence-corrected chi connectivity index (χ4v) is 9.18. The average Bonchev–Trinajstić information content (AvgIpc) is 3.96. The van der Waals surface area contributed by atoms with Crippen LogP contribution in [0.5, 0.6) is 0 Å². The van der Waals surface area contributed by atoms with Crippen LogP contribution in [0.3, 0.4) is 0 Å². The number of para-hydroxylation sites is 3. The van der Waals surface area contributed by atoms with E-state index in [9.17, 15) is 0 Å². The SMILES string of the molecule is [C-]#[N+]c1cc(-c2ccccc2C2c3ccccc3-c3cc4c(cc32)oc2ccccc24)cc(-n2c3ccccc3c3cc4c(cc32)oc2ccccc24)c1. The predicted molar refractivity (Wildman–Crippen MR) is 220 cm³/mol. The molecule has 3 heterocycles. The average molecular weight is 689 g/mol. The molecule has 0 bridgehead atoms. The van der Waals surface area contributed by atoms with E-state index in [1.165, 1.54) is 27.8 Å². The molecule has 4 heteroatoms. The Bertz CT molecular complexity index is 3420. The molecule has 12 rings (SSSR count). The van der Waals surface area contributed by atoms with Gasteiger partial charge in [-0.1, -0.05) is 103 Å². The van der Waals surface area contributed by atoms with Crippen LogP contribution in [0.15, 0.2) is 173 Å². The second-order valence-electron chi connectivity index (χ2n) is 14.3. The van der Waals surface area contributed by atoms with Gasteiger partial charge in [0.2, 0.25) is 0 Å². The minimum atomic E-state index is -0.0142. The third kappa shape index (κ3) is 4.01. The van der Waals surface area contributed by atoms with Crippen LogP contribution in [0.1, 0.15) is 22.6 Å². The van der Waals surface area contributed by atoms with Crippen molar-refractivity contribution < 1.29 is 8.83 Å². The molecular weight excluding hydrogens is 661 g/mol. The molecule has 3 aromatic heterocycles. The second-order valence-corrected chi connectivity index (χ2v) is 14.3. The van der Waals surface area contributed by atoms with Crippen LogP contribution in [0.4, 0.5) is 5.69 Å². The summed E-state index contributed by atoms with van der Waals surface area (Å²) in [6, 6.07) is 57.7. The van der Waals surface area contributed by atoms with E-state index >= 15 is 0 Å². The van der Waals surface area contributed by atoms with Gasteiger partial charge in [-0.3, -0.25) is 0 Å². The molecule has 1 aliphatic carbocycles. The highest BCUT2D eigenvalue weighted by molar-refractivity contribution is 6.17. The molecule has 0 saturated heterocycles. The van der Waals surface area contributed by atoms with Gasteiger partial charge in [0.1, 0.15) is 22.3 Å². The Balaban J connectivity index is 1.09. The number of rotatable bonds is 3. The maximum atomic E-state index is 8.25. The summed E-state index contributed by atoms with van der Waals surface area (Å²) in [7, 11) is 0. The van der Waals surface area contributed by atoms with E-state index in [0.717, 1.165) is 82.5 Å². The van der Waals surface area contributed by atoms with E-state index in [0.29, 0.717) is 5.69 Å². The van der Waals surface area contributed by atoms with Crippen molar-refractivity contribution in [3.8, 4) is 27.9 Å². The monoisotopic (exact) mass is 688 g/mol. The van der Waals surface area contributed by atoms with Crippen LogP contribution in [0.2, 0.25) is 0 Å². The molecule has 0 amide bonds. The molecule has 0 saturated carbocycles. The molecule has 1 aliphatic rings. The Morgan fingerprint density at radius 1 is 0.426 bits per heavy atom. The first-order chi connectivity index (χ1) is 26.7. The first-order valence-corrected chi connectivity index (χ1v) is 18.2. The molecule has 0 fully saturated rings. The topological polar surface area (TPSA) is 35.6 Å². The Kier molecular flexibility index (Phi) is 5.87. The number of fused-ring (bicyclic) bond motifs is 12. The number of furan rings is 2. The molecule has 11 aromatic rings. The smallest absolute Gasteiger partial charge is 0.189 e. The molecule has 0 spiro atoms. The lowest BCUT2D eigenvalue weighted by Gasteiger charge is -2.20. The van der Waals surface area contributed by atoms with Crippen LogP contribution in [0, 0.1) is 6.57 Å². The van der Waals surface area contributed by atoms with Gasteiger partial charge in [0.15, 0.2) is 5.69 Å². The van der Waals surface area contributed by atoms with Gasteiger partial charge in [0.05, 0.1) is 17.6 Å². The zero-order valence-electron chi connectivity index (χ0n) is 28.9. The summed E-state index contributed by atoms with van der Waals surface area (Å²) in [5.74, 6) is -0.0142. The van der Waals surface area contributed by atoms with Crippen LogP contribution < -0.4 is 0 Å². The third-order valence-corrected chi connectivity index (χ3v) is 11.5. The highest BCUT2D eigenvalue weighted by Gasteiger charge is 2.32. The summed E-state index contributed by atoms with van der Waals surface area (Å²) in [5, 5.41) is 6.78. The molecule has 1 unspecified atom stereocenters. The van der Waals surface area contributed by atoms with Crippen molar-refractivity contribution in [1.29, 1.82) is 0 Å². The number of hydrogen-bond acceptors (Lipinski definition) is 2. The number of hydrogen-bond donors (Lipinski definition) is 0. The Labute approximate surface area is 309 Å². The van der Waals surface area contributed by atoms with Crippen LogP contribution in [-0.2, 0) is 0 Å². The zero-order valence-corrected chi connectivity index (χ0v) is 28.9. The van der Waals surface area contributed by atoms with Gasteiger partial charge in [-0.25, -0.2) is 4.85 Å². The minimum Gasteiger partial charge on any atom is -0.456 e. The maximum absolute atomic E-state index is 8.25. The lowest BCUT2D eigenvalue weighted by atomic mass is 9.84. The molecule has 4 nitrogen and oxygen atoms in total. The summed E-state index contributed by atoms with van der Waals surface area (Å²) in [5.41, 5.74) is 15.4. The van der Waals surface area contributed by atoms with Gasteiger partial charge in [0, 0.05) is 50.0 Å². The third-order valence-electron chi connectivity index (χ3n) is 11.5. The van der Waals surface area contributed by atoms with Crippen LogP contribution >= 0.6 is 0 Å². The highest BCUT2D eigenvalue weighted by atomic mass is 16.3. The summed E-state index contributed by atoms with van der Waals surface area (Å²) in [6.07, 6.45) is 0. The van der Waals surface area contributed by atoms with Gasteiger partial charge in [-0.2, -0.15) is 0 Å². The minimum absolute atomic E-state index is 0.0142. The van der Waals surface area contributed by atoms with Crippen molar-refractivity contribution in [2.45, 2.75) is 5.92 Å². The van der Waals surface area contributed by atoms with E-state index in [4.69, 9.17) is 15.4 Å². The summed E-state index contributed by atoms with van der Waals surface area (Å²) in [4.78, 5) is 4.03. The van der Waals surface area contributed by atoms with Gasteiger partial charge in [0.25, 0.3) is 0 Å². The molecule has 0 N–H and O–H groups in total. The largest absolute Gasteiger partial charge is 0.456 e.